The molecule has 0 unspecified atom stereocenters. The summed E-state index contributed by atoms with van der Waals surface area (Å²) in [6, 6.07) is 4.85. The molecule has 0 aliphatic rings. The molecule has 0 aliphatic carbocycles. The van der Waals surface area contributed by atoms with Crippen LogP contribution in [0.4, 0.5) is 0 Å². The maximum atomic E-state index is 12.1. The van der Waals surface area contributed by atoms with Gasteiger partial charge >= 0.3 is 0 Å². The SMILES string of the molecule is O=C(c1cc(-c2ccco2)on1)N(CCO)CCO. The number of furan rings is 1. The lowest BCUT2D eigenvalue weighted by Crippen LogP contribution is -2.36. The van der Waals surface area contributed by atoms with Gasteiger partial charge < -0.3 is 24.1 Å². The third-order valence-electron chi connectivity index (χ3n) is 2.52. The average Bonchev–Trinajstić information content (AvgIpc) is 3.08. The van der Waals surface area contributed by atoms with E-state index >= 15 is 0 Å². The minimum atomic E-state index is -0.412. The molecular weight excluding hydrogens is 252 g/mol. The van der Waals surface area contributed by atoms with Gasteiger partial charge in [0.05, 0.1) is 19.5 Å². The summed E-state index contributed by atoms with van der Waals surface area (Å²) in [5.74, 6) is 0.411. The summed E-state index contributed by atoms with van der Waals surface area (Å²) in [5, 5.41) is 21.4. The van der Waals surface area contributed by atoms with E-state index < -0.39 is 5.91 Å². The number of rotatable bonds is 6. The highest BCUT2D eigenvalue weighted by molar-refractivity contribution is 5.93. The van der Waals surface area contributed by atoms with Gasteiger partial charge in [-0.1, -0.05) is 5.16 Å². The quantitative estimate of drug-likeness (QED) is 0.783. The van der Waals surface area contributed by atoms with E-state index in [-0.39, 0.29) is 32.0 Å². The van der Waals surface area contributed by atoms with Crippen molar-refractivity contribution in [1.82, 2.24) is 10.1 Å². The smallest absolute Gasteiger partial charge is 0.276 e. The van der Waals surface area contributed by atoms with Gasteiger partial charge in [0.25, 0.3) is 5.91 Å². The Hall–Kier alpha value is -2.12. The minimum Gasteiger partial charge on any atom is -0.461 e. The van der Waals surface area contributed by atoms with E-state index in [2.05, 4.69) is 5.16 Å². The average molecular weight is 266 g/mol. The van der Waals surface area contributed by atoms with E-state index in [9.17, 15) is 4.79 Å². The molecule has 0 atom stereocenters. The summed E-state index contributed by atoms with van der Waals surface area (Å²) in [6.07, 6.45) is 1.49. The van der Waals surface area contributed by atoms with Gasteiger partial charge in [0, 0.05) is 19.2 Å². The third kappa shape index (κ3) is 3.01. The zero-order valence-corrected chi connectivity index (χ0v) is 10.2. The summed E-state index contributed by atoms with van der Waals surface area (Å²) in [6.45, 7) is -0.117. The number of aromatic nitrogens is 1. The Morgan fingerprint density at radius 3 is 2.58 bits per heavy atom. The molecule has 0 saturated heterocycles. The molecule has 0 aromatic carbocycles. The normalized spacial score (nSPS) is 10.6. The van der Waals surface area contributed by atoms with Crippen molar-refractivity contribution in [2.24, 2.45) is 0 Å². The van der Waals surface area contributed by atoms with Crippen LogP contribution in [0.15, 0.2) is 33.4 Å². The standard InChI is InChI=1S/C12H14N2O5/c15-5-3-14(4-6-16)12(17)9-8-11(19-13-9)10-2-1-7-18-10/h1-2,7-8,15-16H,3-6H2. The van der Waals surface area contributed by atoms with Crippen LogP contribution < -0.4 is 0 Å². The number of nitrogens with zero attached hydrogens (tertiary/aromatic N) is 2. The van der Waals surface area contributed by atoms with Gasteiger partial charge in [-0.05, 0) is 12.1 Å². The Morgan fingerprint density at radius 2 is 2.00 bits per heavy atom. The molecule has 102 valence electrons. The molecule has 2 N–H and O–H groups in total. The zero-order chi connectivity index (χ0) is 13.7. The first-order valence-electron chi connectivity index (χ1n) is 5.78. The van der Waals surface area contributed by atoms with Crippen molar-refractivity contribution in [3.63, 3.8) is 0 Å². The second-order valence-electron chi connectivity index (χ2n) is 3.79. The van der Waals surface area contributed by atoms with Gasteiger partial charge in [-0.15, -0.1) is 0 Å². The molecule has 2 rings (SSSR count). The number of carbonyl (C=O) groups excluding carboxylic acids is 1. The van der Waals surface area contributed by atoms with Crippen LogP contribution in [-0.4, -0.2) is 52.5 Å². The lowest BCUT2D eigenvalue weighted by molar-refractivity contribution is 0.0674. The highest BCUT2D eigenvalue weighted by Crippen LogP contribution is 2.21. The van der Waals surface area contributed by atoms with Crippen molar-refractivity contribution >= 4 is 5.91 Å². The summed E-state index contributed by atoms with van der Waals surface area (Å²) in [4.78, 5) is 13.4. The maximum Gasteiger partial charge on any atom is 0.276 e. The molecule has 2 aromatic heterocycles. The second kappa shape index (κ2) is 6.17. The van der Waals surface area contributed by atoms with E-state index in [0.29, 0.717) is 11.5 Å². The van der Waals surface area contributed by atoms with Gasteiger partial charge in [-0.25, -0.2) is 0 Å². The fraction of sp³-hybridized carbons (Fsp3) is 0.333. The lowest BCUT2D eigenvalue weighted by Gasteiger charge is -2.18. The first-order chi connectivity index (χ1) is 9.26. The second-order valence-corrected chi connectivity index (χ2v) is 3.79. The van der Waals surface area contributed by atoms with Crippen molar-refractivity contribution < 1.29 is 23.9 Å². The number of aliphatic hydroxyl groups is 2. The van der Waals surface area contributed by atoms with E-state index in [1.165, 1.54) is 17.2 Å². The lowest BCUT2D eigenvalue weighted by atomic mass is 10.3. The van der Waals surface area contributed by atoms with E-state index in [1.807, 2.05) is 0 Å². The van der Waals surface area contributed by atoms with Gasteiger partial charge in [0.15, 0.2) is 11.5 Å². The third-order valence-corrected chi connectivity index (χ3v) is 2.52. The molecule has 0 aliphatic heterocycles. The van der Waals surface area contributed by atoms with Crippen molar-refractivity contribution in [2.45, 2.75) is 0 Å². The number of carbonyl (C=O) groups is 1. The van der Waals surface area contributed by atoms with Gasteiger partial charge in [-0.2, -0.15) is 0 Å². The summed E-state index contributed by atoms with van der Waals surface area (Å²) in [5.41, 5.74) is 0.105. The molecule has 2 heterocycles. The van der Waals surface area contributed by atoms with Crippen LogP contribution in [0, 0.1) is 0 Å². The fourth-order valence-corrected chi connectivity index (χ4v) is 1.63. The molecule has 0 saturated carbocycles. The Labute approximate surface area is 109 Å². The van der Waals surface area contributed by atoms with E-state index in [4.69, 9.17) is 19.2 Å². The molecule has 1 amide bonds. The van der Waals surface area contributed by atoms with Crippen LogP contribution in [0.3, 0.4) is 0 Å². The molecule has 0 fully saturated rings. The van der Waals surface area contributed by atoms with Crippen LogP contribution in [0.1, 0.15) is 10.5 Å². The number of aliphatic hydroxyl groups excluding tert-OH is 2. The maximum absolute atomic E-state index is 12.1. The number of hydrogen-bond donors (Lipinski definition) is 2. The largest absolute Gasteiger partial charge is 0.461 e. The van der Waals surface area contributed by atoms with Crippen LogP contribution >= 0.6 is 0 Å². The topological polar surface area (TPSA) is 99.9 Å². The Bertz CT molecular complexity index is 514. The highest BCUT2D eigenvalue weighted by Gasteiger charge is 2.20. The Balaban J connectivity index is 2.14. The summed E-state index contributed by atoms with van der Waals surface area (Å²) >= 11 is 0. The molecule has 2 aromatic rings. The minimum absolute atomic E-state index is 0.105. The predicted octanol–water partition coefficient (Wildman–Crippen LogP) is 0.361. The molecular formula is C12H14N2O5. The van der Waals surface area contributed by atoms with Crippen LogP contribution in [0.5, 0.6) is 0 Å². The van der Waals surface area contributed by atoms with Gasteiger partial charge in [0.2, 0.25) is 5.76 Å². The molecule has 0 radical (unpaired) electrons. The number of amides is 1. The van der Waals surface area contributed by atoms with Crippen molar-refractivity contribution in [3.8, 4) is 11.5 Å². The van der Waals surface area contributed by atoms with Gasteiger partial charge in [0.1, 0.15) is 0 Å². The van der Waals surface area contributed by atoms with Gasteiger partial charge in [-0.3, -0.25) is 4.79 Å². The molecule has 19 heavy (non-hydrogen) atoms. The predicted molar refractivity (Wildman–Crippen MR) is 64.3 cm³/mol. The van der Waals surface area contributed by atoms with E-state index in [1.54, 1.807) is 12.1 Å². The highest BCUT2D eigenvalue weighted by atomic mass is 16.5. The van der Waals surface area contributed by atoms with E-state index in [0.717, 1.165) is 0 Å². The molecule has 0 bridgehead atoms. The molecule has 7 heteroatoms. The molecule has 0 spiro atoms. The zero-order valence-electron chi connectivity index (χ0n) is 10.2. The van der Waals surface area contributed by atoms with Crippen LogP contribution in [0.25, 0.3) is 11.5 Å². The van der Waals surface area contributed by atoms with Crippen LogP contribution in [0.2, 0.25) is 0 Å². The number of hydrogen-bond acceptors (Lipinski definition) is 6. The van der Waals surface area contributed by atoms with Crippen molar-refractivity contribution in [2.75, 3.05) is 26.3 Å². The van der Waals surface area contributed by atoms with Crippen molar-refractivity contribution in [3.05, 3.63) is 30.2 Å². The summed E-state index contributed by atoms with van der Waals surface area (Å²) in [7, 11) is 0. The monoisotopic (exact) mass is 266 g/mol. The first-order valence-corrected chi connectivity index (χ1v) is 5.78. The van der Waals surface area contributed by atoms with Crippen molar-refractivity contribution in [1.29, 1.82) is 0 Å². The van der Waals surface area contributed by atoms with Crippen LogP contribution in [-0.2, 0) is 0 Å². The Morgan fingerprint density at radius 1 is 1.26 bits per heavy atom. The molecule has 7 nitrogen and oxygen atoms in total. The first kappa shape index (κ1) is 13.3. The summed E-state index contributed by atoms with van der Waals surface area (Å²) < 4.78 is 10.1. The Kier molecular flexibility index (Phi) is 4.32. The fourth-order valence-electron chi connectivity index (χ4n) is 1.63.